The summed E-state index contributed by atoms with van der Waals surface area (Å²) in [7, 11) is 0. The number of carbonyl (C=O) groups is 3. The minimum Gasteiger partial charge on any atom is -0.462 e. The van der Waals surface area contributed by atoms with Gasteiger partial charge in [-0.25, -0.2) is 0 Å². The highest BCUT2D eigenvalue weighted by Gasteiger charge is 2.19. The van der Waals surface area contributed by atoms with E-state index in [1.165, 1.54) is 225 Å². The molecule has 0 aromatic heterocycles. The third-order valence-electron chi connectivity index (χ3n) is 14.7. The molecule has 0 rings (SSSR count). The maximum absolute atomic E-state index is 12.9. The summed E-state index contributed by atoms with van der Waals surface area (Å²) < 4.78 is 17.0. The van der Waals surface area contributed by atoms with Gasteiger partial charge >= 0.3 is 17.9 Å². The van der Waals surface area contributed by atoms with E-state index in [1.807, 2.05) is 0 Å². The number of ether oxygens (including phenoxy) is 3. The molecule has 6 nitrogen and oxygen atoms in total. The Morgan fingerprint density at radius 3 is 0.750 bits per heavy atom. The van der Waals surface area contributed by atoms with Gasteiger partial charge in [0.1, 0.15) is 13.2 Å². The molecule has 1 unspecified atom stereocenters. The Labute approximate surface area is 472 Å². The Hall–Kier alpha value is -2.89. The van der Waals surface area contributed by atoms with Crippen molar-refractivity contribution in [3.05, 3.63) is 60.8 Å². The molecule has 76 heavy (non-hydrogen) atoms. The van der Waals surface area contributed by atoms with Crippen molar-refractivity contribution < 1.29 is 28.6 Å². The van der Waals surface area contributed by atoms with Gasteiger partial charge in [-0.1, -0.05) is 281 Å². The molecule has 0 fully saturated rings. The quantitative estimate of drug-likeness (QED) is 0.0261. The van der Waals surface area contributed by atoms with Gasteiger partial charge in [-0.15, -0.1) is 0 Å². The third kappa shape index (κ3) is 62.0. The zero-order valence-corrected chi connectivity index (χ0v) is 50.8. The molecule has 0 aliphatic rings. The average Bonchev–Trinajstić information content (AvgIpc) is 3.42. The van der Waals surface area contributed by atoms with Crippen molar-refractivity contribution in [2.45, 2.75) is 354 Å². The summed E-state index contributed by atoms with van der Waals surface area (Å²) in [6.07, 6.45) is 82.2. The first-order chi connectivity index (χ1) is 37.5. The van der Waals surface area contributed by atoms with Crippen molar-refractivity contribution in [1.82, 2.24) is 0 Å². The highest BCUT2D eigenvalue weighted by atomic mass is 16.6. The first kappa shape index (κ1) is 73.1. The van der Waals surface area contributed by atoms with Crippen molar-refractivity contribution in [2.75, 3.05) is 13.2 Å². The predicted octanol–water partition coefficient (Wildman–Crippen LogP) is 22.7. The summed E-state index contributed by atoms with van der Waals surface area (Å²) in [5, 5.41) is 0. The fourth-order valence-corrected chi connectivity index (χ4v) is 9.68. The van der Waals surface area contributed by atoms with Crippen LogP contribution in [-0.4, -0.2) is 37.2 Å². The number of allylic oxidation sites excluding steroid dienone is 10. The second kappa shape index (κ2) is 64.6. The van der Waals surface area contributed by atoms with E-state index < -0.39 is 6.10 Å². The SMILES string of the molecule is CCCCCCC/C=C\C/C=C\C/C=C\CCCCCCCCCCC(=O)OCC(COC(=O)CCCCCCC/C=C\CCCCCCCCC)OC(=O)CCCCCCCCCCC/C=C\CCCCCCCC. The monoisotopic (exact) mass is 1060 g/mol. The normalized spacial score (nSPS) is 12.4. The van der Waals surface area contributed by atoms with E-state index in [2.05, 4.69) is 81.5 Å². The van der Waals surface area contributed by atoms with Crippen molar-refractivity contribution >= 4 is 17.9 Å². The number of hydrogen-bond acceptors (Lipinski definition) is 6. The lowest BCUT2D eigenvalue weighted by Crippen LogP contribution is -2.30. The molecule has 442 valence electrons. The third-order valence-corrected chi connectivity index (χ3v) is 14.7. The van der Waals surface area contributed by atoms with E-state index in [9.17, 15) is 14.4 Å². The van der Waals surface area contributed by atoms with Crippen molar-refractivity contribution in [1.29, 1.82) is 0 Å². The molecule has 0 spiro atoms. The van der Waals surface area contributed by atoms with Crippen LogP contribution < -0.4 is 0 Å². The molecule has 0 aliphatic carbocycles. The lowest BCUT2D eigenvalue weighted by atomic mass is 10.1. The van der Waals surface area contributed by atoms with Crippen LogP contribution in [0.25, 0.3) is 0 Å². The minimum atomic E-state index is -0.783. The molecule has 6 heteroatoms. The van der Waals surface area contributed by atoms with Crippen LogP contribution >= 0.6 is 0 Å². The summed E-state index contributed by atoms with van der Waals surface area (Å²) in [5.41, 5.74) is 0. The van der Waals surface area contributed by atoms with Gasteiger partial charge in [-0.05, 0) is 109 Å². The van der Waals surface area contributed by atoms with Crippen LogP contribution in [0.2, 0.25) is 0 Å². The molecule has 0 saturated heterocycles. The van der Waals surface area contributed by atoms with Gasteiger partial charge in [0.2, 0.25) is 0 Å². The van der Waals surface area contributed by atoms with Crippen LogP contribution in [0.3, 0.4) is 0 Å². The van der Waals surface area contributed by atoms with Gasteiger partial charge in [0.15, 0.2) is 6.10 Å². The largest absolute Gasteiger partial charge is 0.462 e. The molecule has 0 aliphatic heterocycles. The van der Waals surface area contributed by atoms with E-state index in [4.69, 9.17) is 14.2 Å². The topological polar surface area (TPSA) is 78.9 Å². The van der Waals surface area contributed by atoms with Gasteiger partial charge in [-0.2, -0.15) is 0 Å². The Morgan fingerprint density at radius 1 is 0.263 bits per heavy atom. The van der Waals surface area contributed by atoms with Crippen LogP contribution in [-0.2, 0) is 28.6 Å². The van der Waals surface area contributed by atoms with Crippen molar-refractivity contribution in [3.8, 4) is 0 Å². The Morgan fingerprint density at radius 2 is 0.474 bits per heavy atom. The van der Waals surface area contributed by atoms with Crippen LogP contribution in [0.15, 0.2) is 60.8 Å². The predicted molar refractivity (Wildman–Crippen MR) is 330 cm³/mol. The Bertz CT molecular complexity index is 1360. The summed E-state index contributed by atoms with van der Waals surface area (Å²) in [6.45, 7) is 6.66. The smallest absolute Gasteiger partial charge is 0.306 e. The van der Waals surface area contributed by atoms with Crippen molar-refractivity contribution in [2.24, 2.45) is 0 Å². The number of carbonyl (C=O) groups excluding carboxylic acids is 3. The number of esters is 3. The van der Waals surface area contributed by atoms with E-state index in [0.29, 0.717) is 19.3 Å². The summed E-state index contributed by atoms with van der Waals surface area (Å²) >= 11 is 0. The summed E-state index contributed by atoms with van der Waals surface area (Å²) in [5.74, 6) is -0.878. The van der Waals surface area contributed by atoms with Crippen LogP contribution in [0.4, 0.5) is 0 Å². The second-order valence-corrected chi connectivity index (χ2v) is 22.4. The first-order valence-electron chi connectivity index (χ1n) is 33.3. The molecule has 0 amide bonds. The fraction of sp³-hybridized carbons (Fsp3) is 0.814. The number of rotatable bonds is 61. The molecule has 1 atom stereocenters. The highest BCUT2D eigenvalue weighted by Crippen LogP contribution is 2.16. The molecular formula is C70H126O6. The molecule has 0 radical (unpaired) electrons. The van der Waals surface area contributed by atoms with Gasteiger partial charge in [0.05, 0.1) is 0 Å². The molecule has 0 aromatic carbocycles. The maximum Gasteiger partial charge on any atom is 0.306 e. The van der Waals surface area contributed by atoms with Gasteiger partial charge in [-0.3, -0.25) is 14.4 Å². The molecule has 0 saturated carbocycles. The van der Waals surface area contributed by atoms with Gasteiger partial charge in [0, 0.05) is 19.3 Å². The lowest BCUT2D eigenvalue weighted by molar-refractivity contribution is -0.167. The van der Waals surface area contributed by atoms with Crippen LogP contribution in [0, 0.1) is 0 Å². The number of unbranched alkanes of at least 4 members (excludes halogenated alkanes) is 40. The first-order valence-corrected chi connectivity index (χ1v) is 33.3. The molecule has 0 N–H and O–H groups in total. The molecule has 0 heterocycles. The average molecular weight is 1060 g/mol. The summed E-state index contributed by atoms with van der Waals surface area (Å²) in [4.78, 5) is 38.4. The zero-order valence-electron chi connectivity index (χ0n) is 50.8. The Balaban J connectivity index is 4.36. The van der Waals surface area contributed by atoms with Crippen molar-refractivity contribution in [3.63, 3.8) is 0 Å². The standard InChI is InChI=1S/C70H126O6/c1-4-7-10-13-16-19-22-25-28-31-33-34-35-36-38-39-42-45-48-51-54-57-60-63-69(72)75-66-67(65-74-68(71)62-59-56-53-50-47-44-41-30-27-24-21-18-15-12-9-6-3)76-70(73)64-61-58-55-52-49-46-43-40-37-32-29-26-23-20-17-14-11-8-5-2/h22,25-26,29-31,33,35-36,41,67H,4-21,23-24,27-28,32,34,37-40,42-66H2,1-3H3/b25-22-,29-26-,33-31-,36-35-,41-30-. The van der Waals surface area contributed by atoms with E-state index >= 15 is 0 Å². The maximum atomic E-state index is 12.9. The fourth-order valence-electron chi connectivity index (χ4n) is 9.68. The lowest BCUT2D eigenvalue weighted by Gasteiger charge is -2.18. The van der Waals surface area contributed by atoms with Crippen LogP contribution in [0.5, 0.6) is 0 Å². The summed E-state index contributed by atoms with van der Waals surface area (Å²) in [6, 6.07) is 0. The van der Waals surface area contributed by atoms with Gasteiger partial charge in [0.25, 0.3) is 0 Å². The van der Waals surface area contributed by atoms with E-state index in [0.717, 1.165) is 83.5 Å². The number of hydrogen-bond donors (Lipinski definition) is 0. The second-order valence-electron chi connectivity index (χ2n) is 22.4. The van der Waals surface area contributed by atoms with E-state index in [1.54, 1.807) is 0 Å². The molecule has 0 bridgehead atoms. The van der Waals surface area contributed by atoms with Gasteiger partial charge < -0.3 is 14.2 Å². The van der Waals surface area contributed by atoms with Crippen LogP contribution in [0.1, 0.15) is 348 Å². The highest BCUT2D eigenvalue weighted by molar-refractivity contribution is 5.71. The minimum absolute atomic E-state index is 0.0797. The zero-order chi connectivity index (χ0) is 55.0. The molecular weight excluding hydrogens is 937 g/mol. The van der Waals surface area contributed by atoms with E-state index in [-0.39, 0.29) is 31.1 Å². The molecule has 0 aromatic rings. The Kier molecular flexibility index (Phi) is 62.2.